The molecule has 0 spiro atoms. The summed E-state index contributed by atoms with van der Waals surface area (Å²) in [5.74, 6) is 0.541. The molecule has 4 nitrogen and oxygen atoms in total. The molecule has 15 heavy (non-hydrogen) atoms. The van der Waals surface area contributed by atoms with Crippen molar-refractivity contribution in [3.8, 4) is 12.0 Å². The van der Waals surface area contributed by atoms with Gasteiger partial charge in [-0.15, -0.1) is 0 Å². The van der Waals surface area contributed by atoms with Gasteiger partial charge in [0, 0.05) is 18.1 Å². The first-order valence-corrected chi connectivity index (χ1v) is 4.60. The predicted molar refractivity (Wildman–Crippen MR) is 55.5 cm³/mol. The molecular formula is C11H10N4. The van der Waals surface area contributed by atoms with E-state index in [9.17, 15) is 0 Å². The molecule has 0 bridgehead atoms. The lowest BCUT2D eigenvalue weighted by Crippen LogP contribution is -2.04. The van der Waals surface area contributed by atoms with Crippen molar-refractivity contribution in [1.82, 2.24) is 14.5 Å². The lowest BCUT2D eigenvalue weighted by atomic mass is 10.3. The highest BCUT2D eigenvalue weighted by atomic mass is 15.2. The largest absolute Gasteiger partial charge is 0.273 e. The van der Waals surface area contributed by atoms with E-state index >= 15 is 0 Å². The van der Waals surface area contributed by atoms with E-state index in [2.05, 4.69) is 16.0 Å². The average molecular weight is 198 g/mol. The molecule has 0 aliphatic rings. The Kier molecular flexibility index (Phi) is 2.22. The molecule has 2 heterocycles. The second kappa shape index (κ2) is 3.54. The van der Waals surface area contributed by atoms with Gasteiger partial charge < -0.3 is 0 Å². The van der Waals surface area contributed by atoms with Gasteiger partial charge in [0.2, 0.25) is 5.95 Å². The van der Waals surface area contributed by atoms with Crippen molar-refractivity contribution in [2.24, 2.45) is 0 Å². The first kappa shape index (κ1) is 9.41. The van der Waals surface area contributed by atoms with Crippen LogP contribution in [-0.4, -0.2) is 14.5 Å². The highest BCUT2D eigenvalue weighted by molar-refractivity contribution is 5.40. The van der Waals surface area contributed by atoms with Crippen molar-refractivity contribution in [3.05, 3.63) is 41.5 Å². The highest BCUT2D eigenvalue weighted by Gasteiger charge is 2.11. The average Bonchev–Trinajstić information content (AvgIpc) is 2.54. The summed E-state index contributed by atoms with van der Waals surface area (Å²) < 4.78 is 1.76. The van der Waals surface area contributed by atoms with Gasteiger partial charge in [-0.05, 0) is 31.5 Å². The minimum absolute atomic E-state index is 0.541. The molecular weight excluding hydrogens is 188 g/mol. The number of hydrogen-bond donors (Lipinski definition) is 0. The Balaban J connectivity index is 2.69. The molecule has 74 valence electrons. The zero-order valence-corrected chi connectivity index (χ0v) is 8.60. The van der Waals surface area contributed by atoms with Gasteiger partial charge in [0.15, 0.2) is 0 Å². The van der Waals surface area contributed by atoms with Crippen LogP contribution in [0, 0.1) is 25.2 Å². The lowest BCUT2D eigenvalue weighted by Gasteiger charge is -2.04. The van der Waals surface area contributed by atoms with E-state index in [0.717, 1.165) is 11.3 Å². The molecule has 0 N–H and O–H groups in total. The summed E-state index contributed by atoms with van der Waals surface area (Å²) in [5.41, 5.74) is 2.51. The Bertz CT molecular complexity index is 520. The summed E-state index contributed by atoms with van der Waals surface area (Å²) in [6, 6.07) is 5.87. The molecule has 0 amide bonds. The van der Waals surface area contributed by atoms with Crippen LogP contribution in [0.1, 0.15) is 17.0 Å². The maximum atomic E-state index is 9.05. The van der Waals surface area contributed by atoms with Crippen molar-refractivity contribution in [2.75, 3.05) is 0 Å². The van der Waals surface area contributed by atoms with Crippen molar-refractivity contribution in [3.63, 3.8) is 0 Å². The summed E-state index contributed by atoms with van der Waals surface area (Å²) >= 11 is 0. The molecule has 2 aromatic heterocycles. The fraction of sp³-hybridized carbons (Fsp3) is 0.182. The minimum Gasteiger partial charge on any atom is -0.273 e. The molecule has 0 aliphatic carbocycles. The molecule has 0 unspecified atom stereocenters. The Morgan fingerprint density at radius 3 is 2.53 bits per heavy atom. The zero-order valence-electron chi connectivity index (χ0n) is 8.60. The molecule has 0 aromatic carbocycles. The smallest absolute Gasteiger partial charge is 0.234 e. The molecule has 2 aromatic rings. The van der Waals surface area contributed by atoms with Gasteiger partial charge in [-0.1, -0.05) is 0 Å². The lowest BCUT2D eigenvalue weighted by molar-refractivity contribution is 0.888. The summed E-state index contributed by atoms with van der Waals surface area (Å²) in [7, 11) is 0. The van der Waals surface area contributed by atoms with Crippen LogP contribution in [0.2, 0.25) is 0 Å². The quantitative estimate of drug-likeness (QED) is 0.701. The molecule has 0 saturated heterocycles. The molecule has 0 radical (unpaired) electrons. The van der Waals surface area contributed by atoms with E-state index in [1.807, 2.05) is 19.9 Å². The number of aromatic nitrogens is 3. The summed E-state index contributed by atoms with van der Waals surface area (Å²) in [5, 5.41) is 9.05. The van der Waals surface area contributed by atoms with E-state index in [0.29, 0.717) is 11.6 Å². The van der Waals surface area contributed by atoms with Crippen molar-refractivity contribution < 1.29 is 0 Å². The Labute approximate surface area is 87.8 Å². The van der Waals surface area contributed by atoms with Gasteiger partial charge in [-0.2, -0.15) is 5.26 Å². The normalized spacial score (nSPS) is 9.93. The first-order chi connectivity index (χ1) is 7.24. The Morgan fingerprint density at radius 1 is 1.27 bits per heavy atom. The number of aryl methyl sites for hydroxylation is 2. The Morgan fingerprint density at radius 2 is 1.93 bits per heavy atom. The van der Waals surface area contributed by atoms with Gasteiger partial charge >= 0.3 is 0 Å². The van der Waals surface area contributed by atoms with Crippen LogP contribution in [0.25, 0.3) is 5.95 Å². The number of nitriles is 1. The van der Waals surface area contributed by atoms with E-state index in [-0.39, 0.29) is 0 Å². The topological polar surface area (TPSA) is 54.5 Å². The van der Waals surface area contributed by atoms with Crippen LogP contribution in [0.3, 0.4) is 0 Å². The van der Waals surface area contributed by atoms with Crippen LogP contribution >= 0.6 is 0 Å². The number of hydrogen-bond acceptors (Lipinski definition) is 3. The van der Waals surface area contributed by atoms with Crippen molar-refractivity contribution >= 4 is 0 Å². The van der Waals surface area contributed by atoms with Crippen molar-refractivity contribution in [2.45, 2.75) is 13.8 Å². The first-order valence-electron chi connectivity index (χ1n) is 4.60. The van der Waals surface area contributed by atoms with Crippen LogP contribution in [-0.2, 0) is 0 Å². The third-order valence-electron chi connectivity index (χ3n) is 2.23. The molecule has 0 atom stereocenters. The van der Waals surface area contributed by atoms with E-state index in [1.165, 1.54) is 0 Å². The molecule has 0 fully saturated rings. The molecule has 0 saturated carbocycles. The van der Waals surface area contributed by atoms with Gasteiger partial charge in [0.1, 0.15) is 11.8 Å². The van der Waals surface area contributed by atoms with Gasteiger partial charge in [0.25, 0.3) is 0 Å². The monoisotopic (exact) mass is 198 g/mol. The summed E-state index contributed by atoms with van der Waals surface area (Å²) in [6.07, 6.45) is 3.33. The number of nitrogens with zero attached hydrogens (tertiary/aromatic N) is 4. The Hall–Kier alpha value is -2.15. The van der Waals surface area contributed by atoms with Crippen LogP contribution in [0.15, 0.2) is 24.5 Å². The maximum Gasteiger partial charge on any atom is 0.234 e. The van der Waals surface area contributed by atoms with Crippen molar-refractivity contribution in [1.29, 1.82) is 5.26 Å². The fourth-order valence-corrected chi connectivity index (χ4v) is 1.60. The SMILES string of the molecule is Cc1cc(C)n(-c2ncccn2)c1C#N. The van der Waals surface area contributed by atoms with E-state index < -0.39 is 0 Å². The summed E-state index contributed by atoms with van der Waals surface area (Å²) in [6.45, 7) is 3.84. The third kappa shape index (κ3) is 1.48. The van der Waals surface area contributed by atoms with E-state index in [4.69, 9.17) is 5.26 Å². The van der Waals surface area contributed by atoms with Crippen LogP contribution < -0.4 is 0 Å². The van der Waals surface area contributed by atoms with E-state index in [1.54, 1.807) is 23.0 Å². The fourth-order valence-electron chi connectivity index (χ4n) is 1.60. The maximum absolute atomic E-state index is 9.05. The zero-order chi connectivity index (χ0) is 10.8. The predicted octanol–water partition coefficient (Wildman–Crippen LogP) is 1.76. The second-order valence-corrected chi connectivity index (χ2v) is 3.31. The summed E-state index contributed by atoms with van der Waals surface area (Å²) in [4.78, 5) is 8.26. The van der Waals surface area contributed by atoms with Crippen LogP contribution in [0.5, 0.6) is 0 Å². The third-order valence-corrected chi connectivity index (χ3v) is 2.23. The second-order valence-electron chi connectivity index (χ2n) is 3.31. The highest BCUT2D eigenvalue weighted by Crippen LogP contribution is 2.16. The molecule has 2 rings (SSSR count). The van der Waals surface area contributed by atoms with Gasteiger partial charge in [0.05, 0.1) is 0 Å². The standard InChI is InChI=1S/C11H10N4/c1-8-6-9(2)15(10(8)7-12)11-13-4-3-5-14-11/h3-6H,1-2H3. The van der Waals surface area contributed by atoms with Crippen LogP contribution in [0.4, 0.5) is 0 Å². The van der Waals surface area contributed by atoms with Gasteiger partial charge in [-0.3, -0.25) is 4.57 Å². The molecule has 0 aliphatic heterocycles. The molecule has 4 heteroatoms. The minimum atomic E-state index is 0.541. The number of rotatable bonds is 1. The van der Waals surface area contributed by atoms with Gasteiger partial charge in [-0.25, -0.2) is 9.97 Å².